The molecule has 104 valence electrons. The van der Waals surface area contributed by atoms with Crippen molar-refractivity contribution in [2.75, 3.05) is 4.90 Å². The lowest BCUT2D eigenvalue weighted by molar-refractivity contribution is -0.124. The highest BCUT2D eigenvalue weighted by Gasteiger charge is 2.38. The van der Waals surface area contributed by atoms with E-state index in [-0.39, 0.29) is 11.9 Å². The molecular weight excluding hydrogens is 264 g/mol. The summed E-state index contributed by atoms with van der Waals surface area (Å²) in [5.41, 5.74) is 2.81. The second kappa shape index (κ2) is 4.41. The molecule has 1 aliphatic heterocycles. The van der Waals surface area contributed by atoms with Gasteiger partial charge in [-0.05, 0) is 24.6 Å². The fourth-order valence-electron chi connectivity index (χ4n) is 2.81. The summed E-state index contributed by atoms with van der Waals surface area (Å²) in [5.74, 6) is 0.863. The van der Waals surface area contributed by atoms with E-state index in [1.165, 1.54) is 0 Å². The van der Waals surface area contributed by atoms with Gasteiger partial charge in [0, 0.05) is 0 Å². The predicted octanol–water partition coefficient (Wildman–Crippen LogP) is 2.52. The third-order valence-electron chi connectivity index (χ3n) is 3.83. The van der Waals surface area contributed by atoms with E-state index in [9.17, 15) is 4.79 Å². The maximum absolute atomic E-state index is 12.0. The molecule has 1 aliphatic rings. The minimum absolute atomic E-state index is 0.112. The van der Waals surface area contributed by atoms with Gasteiger partial charge >= 0.3 is 0 Å². The van der Waals surface area contributed by atoms with Gasteiger partial charge in [0.15, 0.2) is 5.65 Å². The number of carbonyl (C=O) groups is 1. The standard InChI is InChI=1S/C16H14N4O/c1-11-17-15-8-7-13(10-19(15)18-11)20-14(9-16(20)21)12-5-3-2-4-6-12/h2-8,10,14H,9H2,1H3. The van der Waals surface area contributed by atoms with Crippen LogP contribution in [0.1, 0.15) is 23.9 Å². The van der Waals surface area contributed by atoms with E-state index < -0.39 is 0 Å². The van der Waals surface area contributed by atoms with Crippen LogP contribution in [0, 0.1) is 6.92 Å². The molecule has 21 heavy (non-hydrogen) atoms. The van der Waals surface area contributed by atoms with Crippen molar-refractivity contribution in [2.24, 2.45) is 0 Å². The van der Waals surface area contributed by atoms with E-state index in [1.54, 1.807) is 4.52 Å². The first-order chi connectivity index (χ1) is 10.2. The number of rotatable bonds is 2. The Morgan fingerprint density at radius 2 is 1.95 bits per heavy atom. The van der Waals surface area contributed by atoms with Crippen LogP contribution in [0.25, 0.3) is 5.65 Å². The second-order valence-corrected chi connectivity index (χ2v) is 5.24. The molecule has 1 aromatic carbocycles. The molecule has 2 aromatic heterocycles. The Bertz CT molecular complexity index is 825. The minimum atomic E-state index is 0.112. The average Bonchev–Trinajstić information content (AvgIpc) is 2.85. The van der Waals surface area contributed by atoms with Crippen LogP contribution in [0.2, 0.25) is 0 Å². The maximum atomic E-state index is 12.0. The number of aryl methyl sites for hydroxylation is 1. The Labute approximate surface area is 121 Å². The molecule has 4 rings (SSSR count). The van der Waals surface area contributed by atoms with Gasteiger partial charge in [-0.1, -0.05) is 30.3 Å². The van der Waals surface area contributed by atoms with Gasteiger partial charge in [0.05, 0.1) is 24.3 Å². The van der Waals surface area contributed by atoms with Crippen molar-refractivity contribution in [1.29, 1.82) is 0 Å². The van der Waals surface area contributed by atoms with E-state index in [1.807, 2.05) is 48.4 Å². The zero-order valence-electron chi connectivity index (χ0n) is 11.6. The molecule has 1 saturated heterocycles. The normalized spacial score (nSPS) is 18.0. The number of fused-ring (bicyclic) bond motifs is 1. The smallest absolute Gasteiger partial charge is 0.230 e. The van der Waals surface area contributed by atoms with Crippen LogP contribution >= 0.6 is 0 Å². The predicted molar refractivity (Wildman–Crippen MR) is 79.0 cm³/mol. The summed E-state index contributed by atoms with van der Waals surface area (Å²) in [6.45, 7) is 1.86. The summed E-state index contributed by atoms with van der Waals surface area (Å²) in [6, 6.07) is 14.0. The molecule has 1 unspecified atom stereocenters. The van der Waals surface area contributed by atoms with Crippen LogP contribution in [0.15, 0.2) is 48.7 Å². The Morgan fingerprint density at radius 1 is 1.14 bits per heavy atom. The van der Waals surface area contributed by atoms with E-state index in [4.69, 9.17) is 0 Å². The highest BCUT2D eigenvalue weighted by atomic mass is 16.2. The number of anilines is 1. The number of pyridine rings is 1. The topological polar surface area (TPSA) is 50.5 Å². The number of hydrogen-bond acceptors (Lipinski definition) is 3. The Kier molecular flexibility index (Phi) is 2.54. The van der Waals surface area contributed by atoms with Crippen LogP contribution in [-0.4, -0.2) is 20.5 Å². The Balaban J connectivity index is 1.74. The number of hydrogen-bond donors (Lipinski definition) is 0. The van der Waals surface area contributed by atoms with Crippen molar-refractivity contribution in [2.45, 2.75) is 19.4 Å². The van der Waals surface area contributed by atoms with E-state index in [0.29, 0.717) is 6.42 Å². The minimum Gasteiger partial charge on any atom is -0.303 e. The van der Waals surface area contributed by atoms with Crippen molar-refractivity contribution in [3.8, 4) is 0 Å². The third kappa shape index (κ3) is 1.89. The van der Waals surface area contributed by atoms with Gasteiger partial charge in [-0.2, -0.15) is 5.10 Å². The van der Waals surface area contributed by atoms with Crippen LogP contribution in [0.4, 0.5) is 5.69 Å². The summed E-state index contributed by atoms with van der Waals surface area (Å²) < 4.78 is 1.72. The summed E-state index contributed by atoms with van der Waals surface area (Å²) >= 11 is 0. The number of β-lactam (4-membered cyclic amide) rings is 1. The van der Waals surface area contributed by atoms with Gasteiger partial charge in [0.1, 0.15) is 5.82 Å². The van der Waals surface area contributed by atoms with Crippen LogP contribution < -0.4 is 4.90 Å². The summed E-state index contributed by atoms with van der Waals surface area (Å²) in [6.07, 6.45) is 2.42. The third-order valence-corrected chi connectivity index (χ3v) is 3.83. The molecule has 0 spiro atoms. The van der Waals surface area contributed by atoms with E-state index in [2.05, 4.69) is 22.2 Å². The quantitative estimate of drug-likeness (QED) is 0.677. The SMILES string of the molecule is Cc1nc2ccc(N3C(=O)CC3c3ccccc3)cn2n1. The van der Waals surface area contributed by atoms with Gasteiger partial charge in [0.25, 0.3) is 0 Å². The fraction of sp³-hybridized carbons (Fsp3) is 0.188. The Morgan fingerprint density at radius 3 is 2.71 bits per heavy atom. The zero-order valence-corrected chi connectivity index (χ0v) is 11.6. The molecule has 1 amide bonds. The molecule has 0 bridgehead atoms. The molecule has 0 N–H and O–H groups in total. The highest BCUT2D eigenvalue weighted by Crippen LogP contribution is 2.38. The first-order valence-corrected chi connectivity index (χ1v) is 6.92. The molecule has 3 heterocycles. The maximum Gasteiger partial charge on any atom is 0.230 e. The molecule has 0 saturated carbocycles. The van der Waals surface area contributed by atoms with Crippen molar-refractivity contribution in [3.05, 3.63) is 60.0 Å². The van der Waals surface area contributed by atoms with E-state index in [0.717, 1.165) is 22.7 Å². The van der Waals surface area contributed by atoms with Crippen LogP contribution in [0.3, 0.4) is 0 Å². The van der Waals surface area contributed by atoms with Gasteiger partial charge < -0.3 is 4.90 Å². The number of benzene rings is 1. The average molecular weight is 278 g/mol. The number of aromatic nitrogens is 3. The molecule has 5 heteroatoms. The zero-order chi connectivity index (χ0) is 14.4. The molecule has 0 radical (unpaired) electrons. The summed E-state index contributed by atoms with van der Waals surface area (Å²) in [4.78, 5) is 18.2. The molecule has 1 fully saturated rings. The van der Waals surface area contributed by atoms with Crippen LogP contribution in [-0.2, 0) is 4.79 Å². The first-order valence-electron chi connectivity index (χ1n) is 6.92. The van der Waals surface area contributed by atoms with Gasteiger partial charge in [-0.15, -0.1) is 0 Å². The van der Waals surface area contributed by atoms with E-state index >= 15 is 0 Å². The van der Waals surface area contributed by atoms with Crippen molar-refractivity contribution < 1.29 is 4.79 Å². The van der Waals surface area contributed by atoms with Gasteiger partial charge in [-0.3, -0.25) is 4.79 Å². The number of nitrogens with zero attached hydrogens (tertiary/aromatic N) is 4. The summed E-state index contributed by atoms with van der Waals surface area (Å²) in [5, 5.41) is 4.31. The second-order valence-electron chi connectivity index (χ2n) is 5.24. The van der Waals surface area contributed by atoms with Crippen LogP contribution in [0.5, 0.6) is 0 Å². The fourth-order valence-corrected chi connectivity index (χ4v) is 2.81. The van der Waals surface area contributed by atoms with Crippen molar-refractivity contribution in [1.82, 2.24) is 14.6 Å². The lowest BCUT2D eigenvalue weighted by Gasteiger charge is -2.40. The monoisotopic (exact) mass is 278 g/mol. The number of amides is 1. The largest absolute Gasteiger partial charge is 0.303 e. The van der Waals surface area contributed by atoms with Gasteiger partial charge in [0.2, 0.25) is 5.91 Å². The molecular formula is C16H14N4O. The molecule has 1 atom stereocenters. The highest BCUT2D eigenvalue weighted by molar-refractivity contribution is 6.01. The van der Waals surface area contributed by atoms with Crippen molar-refractivity contribution in [3.63, 3.8) is 0 Å². The molecule has 0 aliphatic carbocycles. The lowest BCUT2D eigenvalue weighted by atomic mass is 9.93. The summed E-state index contributed by atoms with van der Waals surface area (Å²) in [7, 11) is 0. The van der Waals surface area contributed by atoms with Gasteiger partial charge in [-0.25, -0.2) is 9.50 Å². The first kappa shape index (κ1) is 12.1. The Hall–Kier alpha value is -2.69. The molecule has 5 nitrogen and oxygen atoms in total. The number of carbonyl (C=O) groups excluding carboxylic acids is 1. The van der Waals surface area contributed by atoms with Crippen molar-refractivity contribution >= 4 is 17.2 Å². The molecule has 3 aromatic rings. The lowest BCUT2D eigenvalue weighted by Crippen LogP contribution is -2.46.